The number of hydrogen-bond donors (Lipinski definition) is 2. The maximum Gasteiger partial charge on any atom is 0.191 e. The van der Waals surface area contributed by atoms with Gasteiger partial charge in [0.15, 0.2) is 5.96 Å². The van der Waals surface area contributed by atoms with Gasteiger partial charge in [-0.2, -0.15) is 0 Å². The monoisotopic (exact) mass is 423 g/mol. The summed E-state index contributed by atoms with van der Waals surface area (Å²) in [7, 11) is 1.70. The molecule has 0 bridgehead atoms. The van der Waals surface area contributed by atoms with Crippen molar-refractivity contribution in [2.24, 2.45) is 4.99 Å². The van der Waals surface area contributed by atoms with Crippen LogP contribution in [0.2, 0.25) is 0 Å². The van der Waals surface area contributed by atoms with E-state index in [0.717, 1.165) is 39.0 Å². The molecule has 1 aromatic rings. The Kier molecular flexibility index (Phi) is 13.2. The Bertz CT molecular complexity index is 430. The summed E-state index contributed by atoms with van der Waals surface area (Å²) in [6.45, 7) is 4.92. The molecule has 0 heterocycles. The van der Waals surface area contributed by atoms with Crippen LogP contribution in [0, 0.1) is 5.82 Å². The molecule has 0 radical (unpaired) electrons. The summed E-state index contributed by atoms with van der Waals surface area (Å²) in [6.07, 6.45) is 3.19. The third kappa shape index (κ3) is 9.19. The maximum atomic E-state index is 13.5. The maximum absolute atomic E-state index is 13.5. The molecule has 0 unspecified atom stereocenters. The zero-order valence-electron chi connectivity index (χ0n) is 13.4. The first-order chi connectivity index (χ1) is 10.3. The second kappa shape index (κ2) is 13.8. The van der Waals surface area contributed by atoms with Crippen molar-refractivity contribution in [2.75, 3.05) is 26.8 Å². The molecule has 2 N–H and O–H groups in total. The fourth-order valence-corrected chi connectivity index (χ4v) is 1.77. The van der Waals surface area contributed by atoms with Crippen LogP contribution in [0.3, 0.4) is 0 Å². The van der Waals surface area contributed by atoms with Crippen LogP contribution in [0.5, 0.6) is 0 Å². The van der Waals surface area contributed by atoms with Gasteiger partial charge in [-0.3, -0.25) is 4.99 Å². The highest BCUT2D eigenvalue weighted by Crippen LogP contribution is 2.05. The quantitative estimate of drug-likeness (QED) is 0.277. The number of unbranched alkanes of at least 4 members (excludes halogenated alkanes) is 1. The predicted octanol–water partition coefficient (Wildman–Crippen LogP) is 3.32. The molecule has 0 aliphatic carbocycles. The van der Waals surface area contributed by atoms with Gasteiger partial charge in [0.25, 0.3) is 0 Å². The van der Waals surface area contributed by atoms with Crippen LogP contribution in [0.25, 0.3) is 0 Å². The molecular formula is C16H27FIN3O. The van der Waals surface area contributed by atoms with Gasteiger partial charge in [-0.25, -0.2) is 4.39 Å². The van der Waals surface area contributed by atoms with Crippen LogP contribution in [0.15, 0.2) is 29.3 Å². The van der Waals surface area contributed by atoms with Crippen molar-refractivity contribution in [3.8, 4) is 0 Å². The number of rotatable bonds is 9. The Morgan fingerprint density at radius 3 is 2.59 bits per heavy atom. The lowest BCUT2D eigenvalue weighted by Crippen LogP contribution is -2.37. The van der Waals surface area contributed by atoms with Crippen molar-refractivity contribution in [1.29, 1.82) is 0 Å². The molecule has 0 fully saturated rings. The smallest absolute Gasteiger partial charge is 0.191 e. The summed E-state index contributed by atoms with van der Waals surface area (Å²) >= 11 is 0. The van der Waals surface area contributed by atoms with Gasteiger partial charge in [-0.15, -0.1) is 24.0 Å². The minimum Gasteiger partial charge on any atom is -0.381 e. The Morgan fingerprint density at radius 2 is 1.91 bits per heavy atom. The Hall–Kier alpha value is -0.890. The van der Waals surface area contributed by atoms with E-state index in [9.17, 15) is 4.39 Å². The summed E-state index contributed by atoms with van der Waals surface area (Å²) in [6, 6.07) is 6.73. The standard InChI is InChI=1S/C16H26FN3O.HI/c1-3-4-11-21-12-7-10-19-16(18-2)20-13-14-8-5-6-9-15(14)17;/h5-6,8-9H,3-4,7,10-13H2,1-2H3,(H2,18,19,20);1H. The van der Waals surface area contributed by atoms with E-state index in [0.29, 0.717) is 18.1 Å². The number of aliphatic imine (C=N–C) groups is 1. The van der Waals surface area contributed by atoms with Crippen molar-refractivity contribution in [3.05, 3.63) is 35.6 Å². The molecule has 0 aliphatic heterocycles. The average molecular weight is 423 g/mol. The largest absolute Gasteiger partial charge is 0.381 e. The third-order valence-corrected chi connectivity index (χ3v) is 3.03. The Morgan fingerprint density at radius 1 is 1.18 bits per heavy atom. The van der Waals surface area contributed by atoms with Gasteiger partial charge in [-0.05, 0) is 18.9 Å². The molecule has 0 aliphatic rings. The van der Waals surface area contributed by atoms with Gasteiger partial charge in [0.2, 0.25) is 0 Å². The first kappa shape index (κ1) is 21.1. The number of nitrogens with one attached hydrogen (secondary N) is 2. The molecule has 0 saturated heterocycles. The van der Waals surface area contributed by atoms with Crippen molar-refractivity contribution < 1.29 is 9.13 Å². The molecule has 0 spiro atoms. The lowest BCUT2D eigenvalue weighted by atomic mass is 10.2. The van der Waals surface area contributed by atoms with Crippen LogP contribution in [-0.4, -0.2) is 32.8 Å². The summed E-state index contributed by atoms with van der Waals surface area (Å²) in [5, 5.41) is 6.28. The Labute approximate surface area is 149 Å². The normalized spacial score (nSPS) is 11.0. The van der Waals surface area contributed by atoms with Crippen LogP contribution < -0.4 is 10.6 Å². The highest BCUT2D eigenvalue weighted by atomic mass is 127. The zero-order valence-corrected chi connectivity index (χ0v) is 15.7. The molecule has 4 nitrogen and oxygen atoms in total. The predicted molar refractivity (Wildman–Crippen MR) is 100 cm³/mol. The van der Waals surface area contributed by atoms with E-state index >= 15 is 0 Å². The molecule has 126 valence electrons. The number of halogens is 2. The van der Waals surface area contributed by atoms with Crippen LogP contribution in [-0.2, 0) is 11.3 Å². The highest BCUT2D eigenvalue weighted by Gasteiger charge is 2.02. The number of ether oxygens (including phenoxy) is 1. The van der Waals surface area contributed by atoms with E-state index in [1.807, 2.05) is 6.07 Å². The third-order valence-electron chi connectivity index (χ3n) is 3.03. The lowest BCUT2D eigenvalue weighted by Gasteiger charge is -2.12. The highest BCUT2D eigenvalue weighted by molar-refractivity contribution is 14.0. The van der Waals surface area contributed by atoms with Gasteiger partial charge in [0.1, 0.15) is 5.82 Å². The molecule has 1 aromatic carbocycles. The molecule has 6 heteroatoms. The lowest BCUT2D eigenvalue weighted by molar-refractivity contribution is 0.129. The molecule has 0 atom stereocenters. The van der Waals surface area contributed by atoms with E-state index in [1.54, 1.807) is 19.2 Å². The second-order valence-corrected chi connectivity index (χ2v) is 4.76. The fourth-order valence-electron chi connectivity index (χ4n) is 1.77. The van der Waals surface area contributed by atoms with Crippen LogP contribution in [0.4, 0.5) is 4.39 Å². The van der Waals surface area contributed by atoms with E-state index in [-0.39, 0.29) is 29.8 Å². The van der Waals surface area contributed by atoms with Crippen LogP contribution in [0.1, 0.15) is 31.7 Å². The first-order valence-corrected chi connectivity index (χ1v) is 7.53. The van der Waals surface area contributed by atoms with E-state index in [4.69, 9.17) is 4.74 Å². The average Bonchev–Trinajstić information content (AvgIpc) is 2.51. The Balaban J connectivity index is 0.00000441. The molecule has 22 heavy (non-hydrogen) atoms. The van der Waals surface area contributed by atoms with Gasteiger partial charge >= 0.3 is 0 Å². The number of nitrogens with zero attached hydrogens (tertiary/aromatic N) is 1. The van der Waals surface area contributed by atoms with Gasteiger partial charge in [-0.1, -0.05) is 31.5 Å². The number of guanidine groups is 1. The minimum absolute atomic E-state index is 0. The summed E-state index contributed by atoms with van der Waals surface area (Å²) in [5.74, 6) is 0.469. The van der Waals surface area contributed by atoms with Crippen LogP contribution >= 0.6 is 24.0 Å². The molecule has 1 rings (SSSR count). The van der Waals surface area contributed by atoms with Crippen molar-refractivity contribution in [3.63, 3.8) is 0 Å². The van der Waals surface area contributed by atoms with E-state index in [1.165, 1.54) is 6.07 Å². The minimum atomic E-state index is -0.204. The number of hydrogen-bond acceptors (Lipinski definition) is 2. The van der Waals surface area contributed by atoms with Crippen molar-refractivity contribution in [1.82, 2.24) is 10.6 Å². The van der Waals surface area contributed by atoms with E-state index in [2.05, 4.69) is 22.5 Å². The van der Waals surface area contributed by atoms with Gasteiger partial charge < -0.3 is 15.4 Å². The summed E-state index contributed by atoms with van der Waals surface area (Å²) < 4.78 is 19.0. The van der Waals surface area contributed by atoms with Crippen molar-refractivity contribution >= 4 is 29.9 Å². The molecule has 0 saturated carbocycles. The number of benzene rings is 1. The zero-order chi connectivity index (χ0) is 15.3. The summed E-state index contributed by atoms with van der Waals surface area (Å²) in [5.41, 5.74) is 0.628. The first-order valence-electron chi connectivity index (χ1n) is 7.53. The molecule has 0 amide bonds. The molecular weight excluding hydrogens is 396 g/mol. The molecule has 0 aromatic heterocycles. The topological polar surface area (TPSA) is 45.6 Å². The van der Waals surface area contributed by atoms with E-state index < -0.39 is 0 Å². The van der Waals surface area contributed by atoms with Crippen molar-refractivity contribution in [2.45, 2.75) is 32.7 Å². The fraction of sp³-hybridized carbons (Fsp3) is 0.562. The van der Waals surface area contributed by atoms with Gasteiger partial charge in [0.05, 0.1) is 0 Å². The SMILES string of the molecule is CCCCOCCCNC(=NC)NCc1ccccc1F.I. The summed E-state index contributed by atoms with van der Waals surface area (Å²) in [4.78, 5) is 4.11. The second-order valence-electron chi connectivity index (χ2n) is 4.76. The van der Waals surface area contributed by atoms with Gasteiger partial charge in [0, 0.05) is 38.9 Å².